The zero-order chi connectivity index (χ0) is 33.9. The maximum atomic E-state index is 12.4. The maximum absolute atomic E-state index is 12.4. The van der Waals surface area contributed by atoms with Gasteiger partial charge in [-0.1, -0.05) is 27.7 Å². The van der Waals surface area contributed by atoms with Gasteiger partial charge < -0.3 is 30.0 Å². The minimum absolute atomic E-state index is 0.139. The molecule has 43 heavy (non-hydrogen) atoms. The average molecular weight is 715 g/mol. The van der Waals surface area contributed by atoms with Crippen LogP contribution in [0.4, 0.5) is 0 Å². The predicted molar refractivity (Wildman–Crippen MR) is 190 cm³/mol. The lowest BCUT2D eigenvalue weighted by Crippen LogP contribution is -2.67. The van der Waals surface area contributed by atoms with Gasteiger partial charge in [0.15, 0.2) is 33.3 Å². The van der Waals surface area contributed by atoms with Crippen molar-refractivity contribution in [1.29, 1.82) is 0 Å². The van der Waals surface area contributed by atoms with Crippen LogP contribution in [0.25, 0.3) is 0 Å². The Morgan fingerprint density at radius 2 is 0.744 bits per heavy atom. The lowest BCUT2D eigenvalue weighted by atomic mass is 10.1. The van der Waals surface area contributed by atoms with Gasteiger partial charge in [0, 0.05) is 12.1 Å². The highest BCUT2D eigenvalue weighted by atomic mass is 28.5. The summed E-state index contributed by atoms with van der Waals surface area (Å²) in [6.45, 7) is 34.0. The first-order chi connectivity index (χ1) is 19.3. The number of ether oxygens (including phenoxy) is 2. The topological polar surface area (TPSA) is 98.8 Å². The van der Waals surface area contributed by atoms with Crippen LogP contribution in [0.2, 0.25) is 90.7 Å². The zero-order valence-corrected chi connectivity index (χ0v) is 36.5. The lowest BCUT2D eigenvalue weighted by molar-refractivity contribution is -0.148. The van der Waals surface area contributed by atoms with Gasteiger partial charge in [0.1, 0.15) is 0 Å². The zero-order valence-electron chi connectivity index (χ0n) is 30.5. The number of hydrogen-bond acceptors (Lipinski definition) is 9. The van der Waals surface area contributed by atoms with Crippen LogP contribution in [0.1, 0.15) is 53.4 Å². The van der Waals surface area contributed by atoms with Gasteiger partial charge in [-0.25, -0.2) is 0 Å². The molecular formula is C28H66O9Si6. The largest absolute Gasteiger partial charge is 0.472 e. The van der Waals surface area contributed by atoms with Crippen LogP contribution in [-0.4, -0.2) is 76.0 Å². The Labute approximate surface area is 270 Å². The predicted octanol–water partition coefficient (Wildman–Crippen LogP) is 8.25. The molecule has 0 spiro atoms. The van der Waals surface area contributed by atoms with Crippen molar-refractivity contribution in [2.24, 2.45) is 11.8 Å². The Morgan fingerprint density at radius 3 is 0.953 bits per heavy atom. The SMILES string of the molecule is CCC(C)C(=O)OCCC[Si](O[Si](C)(C)C)(O[Si](C)(C)C)O[Si](CCCOC(=O)C(C)CC)(O[Si](C)(C)C)O[Si](C)(C)C. The molecule has 0 rings (SSSR count). The Hall–Kier alpha value is 0.0413. The van der Waals surface area contributed by atoms with Gasteiger partial charge in [0.25, 0.3) is 0 Å². The van der Waals surface area contributed by atoms with Gasteiger partial charge in [0.05, 0.1) is 25.0 Å². The van der Waals surface area contributed by atoms with Crippen molar-refractivity contribution in [2.75, 3.05) is 13.2 Å². The van der Waals surface area contributed by atoms with Crippen LogP contribution >= 0.6 is 0 Å². The van der Waals surface area contributed by atoms with E-state index in [0.29, 0.717) is 24.9 Å². The fraction of sp³-hybridized carbons (Fsp3) is 0.929. The number of hydrogen-bond donors (Lipinski definition) is 0. The summed E-state index contributed by atoms with van der Waals surface area (Å²) < 4.78 is 46.6. The molecular weight excluding hydrogens is 649 g/mol. The second-order valence-corrected chi connectivity index (χ2v) is 40.2. The maximum Gasteiger partial charge on any atom is 0.472 e. The third-order valence-corrected chi connectivity index (χ3v) is 25.1. The first-order valence-electron chi connectivity index (χ1n) is 16.1. The lowest BCUT2D eigenvalue weighted by Gasteiger charge is -2.47. The molecule has 2 atom stereocenters. The molecule has 0 aliphatic rings. The highest BCUT2D eigenvalue weighted by molar-refractivity contribution is 6.92. The molecule has 0 aromatic rings. The summed E-state index contributed by atoms with van der Waals surface area (Å²) in [5.74, 6) is -0.653. The molecule has 0 fully saturated rings. The molecule has 0 amide bonds. The first kappa shape index (κ1) is 43.0. The van der Waals surface area contributed by atoms with Crippen molar-refractivity contribution in [3.8, 4) is 0 Å². The van der Waals surface area contributed by atoms with Crippen LogP contribution in [-0.2, 0) is 39.6 Å². The van der Waals surface area contributed by atoms with Crippen molar-refractivity contribution in [2.45, 2.75) is 144 Å². The molecule has 0 saturated heterocycles. The van der Waals surface area contributed by atoms with E-state index in [2.05, 4.69) is 78.6 Å². The highest BCUT2D eigenvalue weighted by Gasteiger charge is 2.58. The standard InChI is InChI=1S/C28H66O9Si6/c1-17-25(3)27(29)31-21-19-23-42(33-38(5,6)7,34-39(8,9)10)37-43(35-40(11,12)13,36-41(14,15)16)24-20-22-32-28(30)26(4)18-2/h25-26H,17-24H2,1-16H3. The summed E-state index contributed by atoms with van der Waals surface area (Å²) in [5, 5.41) is 0. The van der Waals surface area contributed by atoms with Crippen LogP contribution in [0.5, 0.6) is 0 Å². The molecule has 0 aromatic carbocycles. The summed E-state index contributed by atoms with van der Waals surface area (Å²) in [5.41, 5.74) is 0. The van der Waals surface area contributed by atoms with E-state index in [1.807, 2.05) is 27.7 Å². The quantitative estimate of drug-likeness (QED) is 0.0624. The van der Waals surface area contributed by atoms with E-state index in [1.165, 1.54) is 0 Å². The van der Waals surface area contributed by atoms with Crippen molar-refractivity contribution < 1.29 is 39.6 Å². The molecule has 2 unspecified atom stereocenters. The first-order valence-corrected chi connectivity index (χ1v) is 33.6. The van der Waals surface area contributed by atoms with Gasteiger partial charge in [-0.3, -0.25) is 9.59 Å². The number of carbonyl (C=O) groups is 2. The molecule has 0 heterocycles. The molecule has 9 nitrogen and oxygen atoms in total. The third-order valence-electron chi connectivity index (χ3n) is 5.93. The minimum Gasteiger partial charge on any atom is -0.465 e. The van der Waals surface area contributed by atoms with E-state index in [0.717, 1.165) is 12.8 Å². The number of carbonyl (C=O) groups excluding carboxylic acids is 2. The summed E-state index contributed by atoms with van der Waals surface area (Å²) in [6.07, 6.45) is 2.59. The van der Waals surface area contributed by atoms with Crippen LogP contribution in [0, 0.1) is 11.8 Å². The van der Waals surface area contributed by atoms with E-state index in [1.54, 1.807) is 0 Å². The van der Waals surface area contributed by atoms with E-state index < -0.39 is 50.9 Å². The highest BCUT2D eigenvalue weighted by Crippen LogP contribution is 2.36. The van der Waals surface area contributed by atoms with E-state index in [4.69, 9.17) is 30.0 Å². The summed E-state index contributed by atoms with van der Waals surface area (Å²) >= 11 is 0. The van der Waals surface area contributed by atoms with E-state index >= 15 is 0 Å². The van der Waals surface area contributed by atoms with Crippen LogP contribution in [0.3, 0.4) is 0 Å². The molecule has 0 saturated carbocycles. The third kappa shape index (κ3) is 20.0. The van der Waals surface area contributed by atoms with Gasteiger partial charge in [-0.2, -0.15) is 0 Å². The van der Waals surface area contributed by atoms with E-state index in [-0.39, 0.29) is 37.0 Å². The Bertz CT molecular complexity index is 748. The van der Waals surface area contributed by atoms with Crippen molar-refractivity contribution in [3.63, 3.8) is 0 Å². The Balaban J connectivity index is 6.66. The second-order valence-electron chi connectivity index (χ2n) is 15.5. The number of esters is 2. The van der Waals surface area contributed by atoms with Crippen molar-refractivity contribution in [1.82, 2.24) is 0 Å². The number of rotatable bonds is 22. The van der Waals surface area contributed by atoms with Crippen molar-refractivity contribution in [3.05, 3.63) is 0 Å². The normalized spacial score (nSPS) is 15.3. The van der Waals surface area contributed by atoms with Gasteiger partial charge in [-0.15, -0.1) is 0 Å². The monoisotopic (exact) mass is 714 g/mol. The minimum atomic E-state index is -3.43. The molecule has 0 bridgehead atoms. The van der Waals surface area contributed by atoms with E-state index in [9.17, 15) is 9.59 Å². The molecule has 0 aromatic heterocycles. The molecule has 0 aliphatic carbocycles. The molecule has 15 heteroatoms. The van der Waals surface area contributed by atoms with Gasteiger partial charge in [0.2, 0.25) is 0 Å². The van der Waals surface area contributed by atoms with Crippen LogP contribution in [0.15, 0.2) is 0 Å². The average Bonchev–Trinajstić information content (AvgIpc) is 2.78. The smallest absolute Gasteiger partial charge is 0.465 e. The Kier molecular flexibility index (Phi) is 17.8. The summed E-state index contributed by atoms with van der Waals surface area (Å²) in [6, 6.07) is 0.994. The fourth-order valence-corrected chi connectivity index (χ4v) is 27.8. The van der Waals surface area contributed by atoms with Gasteiger partial charge >= 0.3 is 29.5 Å². The van der Waals surface area contributed by atoms with Gasteiger partial charge in [-0.05, 0) is 104 Å². The fourth-order valence-electron chi connectivity index (χ4n) is 4.07. The molecule has 0 radical (unpaired) electrons. The van der Waals surface area contributed by atoms with Crippen molar-refractivity contribution >= 4 is 62.8 Å². The molecule has 256 valence electrons. The summed E-state index contributed by atoms with van der Waals surface area (Å²) in [7, 11) is -15.6. The summed E-state index contributed by atoms with van der Waals surface area (Å²) in [4.78, 5) is 24.8. The van der Waals surface area contributed by atoms with Crippen LogP contribution < -0.4 is 0 Å². The molecule has 0 N–H and O–H groups in total. The second kappa shape index (κ2) is 17.8. The molecule has 0 aliphatic heterocycles. The Morgan fingerprint density at radius 1 is 0.488 bits per heavy atom.